The highest BCUT2D eigenvalue weighted by Crippen LogP contribution is 2.44. The Balaban J connectivity index is 1.44. The molecule has 37 heavy (non-hydrogen) atoms. The molecule has 0 spiro atoms. The van der Waals surface area contributed by atoms with Crippen LogP contribution in [-0.2, 0) is 28.6 Å². The van der Waals surface area contributed by atoms with Gasteiger partial charge in [-0.1, -0.05) is 24.3 Å². The molecule has 1 unspecified atom stereocenters. The van der Waals surface area contributed by atoms with Crippen LogP contribution < -0.4 is 0 Å². The lowest BCUT2D eigenvalue weighted by atomic mass is 9.97. The molecule has 1 heterocycles. The van der Waals surface area contributed by atoms with Gasteiger partial charge in [0.1, 0.15) is 5.82 Å². The molecule has 188 valence electrons. The summed E-state index contributed by atoms with van der Waals surface area (Å²) in [5.74, 6) is -0.468. The van der Waals surface area contributed by atoms with Gasteiger partial charge in [-0.15, -0.1) is 0 Å². The maximum absolute atomic E-state index is 14.3. The molecule has 0 N–H and O–H groups in total. The lowest BCUT2D eigenvalue weighted by molar-refractivity contribution is -0.385. The minimum atomic E-state index is -1.07. The van der Waals surface area contributed by atoms with E-state index in [9.17, 15) is 23.5 Å². The summed E-state index contributed by atoms with van der Waals surface area (Å²) in [6.07, 6.45) is 4.37. The van der Waals surface area contributed by atoms with Crippen LogP contribution in [0.2, 0.25) is 0 Å². The summed E-state index contributed by atoms with van der Waals surface area (Å²) in [7, 11) is -1.07. The van der Waals surface area contributed by atoms with Crippen LogP contribution in [0.3, 0.4) is 0 Å². The number of hydrogen-bond donors (Lipinski definition) is 0. The van der Waals surface area contributed by atoms with Gasteiger partial charge in [0.2, 0.25) is 5.91 Å². The number of halogens is 1. The fourth-order valence-electron chi connectivity index (χ4n) is 5.04. The van der Waals surface area contributed by atoms with Gasteiger partial charge in [0.05, 0.1) is 11.3 Å². The molecule has 5 rings (SSSR count). The summed E-state index contributed by atoms with van der Waals surface area (Å²) in [5.41, 5.74) is 6.91. The second-order valence-corrected chi connectivity index (χ2v) is 10.7. The molecule has 0 saturated carbocycles. The topological polar surface area (TPSA) is 80.5 Å². The van der Waals surface area contributed by atoms with Gasteiger partial charge in [-0.3, -0.25) is 19.1 Å². The van der Waals surface area contributed by atoms with E-state index in [0.29, 0.717) is 25.1 Å². The SMILES string of the molecule is CC1=C(CC(=O)N2CCc3ccc([N+](=O)[O-])cc3C2)c2cc(F)ccc2/C1=C/c1ccc(S(C)=O)cc1. The van der Waals surface area contributed by atoms with Gasteiger partial charge in [0.25, 0.3) is 5.69 Å². The molecule has 1 aliphatic heterocycles. The quantitative estimate of drug-likeness (QED) is 0.318. The number of carbonyl (C=O) groups is 1. The van der Waals surface area contributed by atoms with Crippen molar-refractivity contribution in [3.63, 3.8) is 0 Å². The van der Waals surface area contributed by atoms with Crippen molar-refractivity contribution in [1.82, 2.24) is 4.90 Å². The molecule has 0 aromatic heterocycles. The summed E-state index contributed by atoms with van der Waals surface area (Å²) in [6, 6.07) is 16.9. The lowest BCUT2D eigenvalue weighted by Gasteiger charge is -2.29. The van der Waals surface area contributed by atoms with Crippen LogP contribution in [0.5, 0.6) is 0 Å². The van der Waals surface area contributed by atoms with Crippen LogP contribution in [0.4, 0.5) is 10.1 Å². The zero-order chi connectivity index (χ0) is 26.3. The number of rotatable bonds is 5. The maximum Gasteiger partial charge on any atom is 0.269 e. The summed E-state index contributed by atoms with van der Waals surface area (Å²) in [6.45, 7) is 2.78. The lowest BCUT2D eigenvalue weighted by Crippen LogP contribution is -2.36. The molecular formula is C29H25FN2O4S. The zero-order valence-electron chi connectivity index (χ0n) is 20.5. The Kier molecular flexibility index (Phi) is 6.60. The predicted molar refractivity (Wildman–Crippen MR) is 142 cm³/mol. The third-order valence-corrected chi connectivity index (χ3v) is 8.01. The van der Waals surface area contributed by atoms with E-state index in [-0.39, 0.29) is 23.8 Å². The second kappa shape index (κ2) is 9.86. The average Bonchev–Trinajstić information content (AvgIpc) is 3.13. The number of allylic oxidation sites excluding steroid dienone is 2. The minimum absolute atomic E-state index is 0.0137. The fraction of sp³-hybridized carbons (Fsp3) is 0.207. The number of nitro groups is 1. The zero-order valence-corrected chi connectivity index (χ0v) is 21.3. The third kappa shape index (κ3) is 4.89. The monoisotopic (exact) mass is 516 g/mol. The third-order valence-electron chi connectivity index (χ3n) is 7.07. The Bertz CT molecular complexity index is 1530. The first-order valence-corrected chi connectivity index (χ1v) is 13.5. The van der Waals surface area contributed by atoms with Crippen LogP contribution in [0.1, 0.15) is 41.2 Å². The molecule has 8 heteroatoms. The summed E-state index contributed by atoms with van der Waals surface area (Å²) in [5, 5.41) is 11.2. The molecule has 6 nitrogen and oxygen atoms in total. The summed E-state index contributed by atoms with van der Waals surface area (Å²) < 4.78 is 26.0. The van der Waals surface area contributed by atoms with E-state index in [1.165, 1.54) is 18.2 Å². The van der Waals surface area contributed by atoms with Crippen molar-refractivity contribution in [2.45, 2.75) is 31.2 Å². The highest BCUT2D eigenvalue weighted by molar-refractivity contribution is 7.84. The number of non-ortho nitro benzene ring substituents is 1. The average molecular weight is 517 g/mol. The van der Waals surface area contributed by atoms with Gasteiger partial charge >= 0.3 is 0 Å². The van der Waals surface area contributed by atoms with Gasteiger partial charge in [0.15, 0.2) is 0 Å². The highest BCUT2D eigenvalue weighted by Gasteiger charge is 2.29. The van der Waals surface area contributed by atoms with Gasteiger partial charge in [-0.05, 0) is 88.2 Å². The molecular weight excluding hydrogens is 491 g/mol. The Morgan fingerprint density at radius 1 is 1.08 bits per heavy atom. The Hall–Kier alpha value is -3.91. The van der Waals surface area contributed by atoms with Gasteiger partial charge in [-0.25, -0.2) is 4.39 Å². The van der Waals surface area contributed by atoms with Gasteiger partial charge in [-0.2, -0.15) is 0 Å². The predicted octanol–water partition coefficient (Wildman–Crippen LogP) is 5.77. The first-order chi connectivity index (χ1) is 17.7. The number of hydrogen-bond acceptors (Lipinski definition) is 4. The number of carbonyl (C=O) groups excluding carboxylic acids is 1. The van der Waals surface area contributed by atoms with Crippen molar-refractivity contribution in [3.8, 4) is 0 Å². The van der Waals surface area contributed by atoms with Crippen molar-refractivity contribution >= 4 is 39.6 Å². The summed E-state index contributed by atoms with van der Waals surface area (Å²) >= 11 is 0. The normalized spacial score (nSPS) is 16.5. The van der Waals surface area contributed by atoms with Crippen LogP contribution in [-0.4, -0.2) is 32.7 Å². The molecule has 1 atom stereocenters. The molecule has 0 bridgehead atoms. The van der Waals surface area contributed by atoms with E-state index in [2.05, 4.69) is 0 Å². The van der Waals surface area contributed by atoms with Crippen LogP contribution in [0, 0.1) is 15.9 Å². The Labute approximate surface area is 216 Å². The first-order valence-electron chi connectivity index (χ1n) is 11.9. The number of amides is 1. The van der Waals surface area contributed by atoms with E-state index < -0.39 is 15.7 Å². The summed E-state index contributed by atoms with van der Waals surface area (Å²) in [4.78, 5) is 26.6. The number of nitro benzene ring substituents is 1. The van der Waals surface area contributed by atoms with Crippen molar-refractivity contribution in [1.29, 1.82) is 0 Å². The molecule has 0 saturated heterocycles. The molecule has 0 fully saturated rings. The van der Waals surface area contributed by atoms with E-state index in [0.717, 1.165) is 43.9 Å². The highest BCUT2D eigenvalue weighted by atomic mass is 32.2. The standard InChI is InChI=1S/C29H25FN2O4S/c1-18-26(13-19-3-8-24(9-4-19)37(2)36)25-10-6-22(30)15-28(25)27(18)16-29(33)31-12-11-20-5-7-23(32(34)35)14-21(20)17-31/h3-10,13-15H,11-12,16-17H2,1-2H3/b26-13+. The van der Waals surface area contributed by atoms with E-state index in [1.54, 1.807) is 29.4 Å². The smallest absolute Gasteiger partial charge is 0.269 e. The van der Waals surface area contributed by atoms with Crippen molar-refractivity contribution in [3.05, 3.63) is 110 Å². The van der Waals surface area contributed by atoms with Crippen LogP contribution >= 0.6 is 0 Å². The molecule has 3 aromatic carbocycles. The van der Waals surface area contributed by atoms with E-state index in [1.807, 2.05) is 37.3 Å². The number of fused-ring (bicyclic) bond motifs is 2. The molecule has 1 amide bonds. The largest absolute Gasteiger partial charge is 0.338 e. The number of nitrogens with zero attached hydrogens (tertiary/aromatic N) is 2. The molecule has 3 aromatic rings. The fourth-order valence-corrected chi connectivity index (χ4v) is 5.56. The van der Waals surface area contributed by atoms with Crippen molar-refractivity contribution in [2.24, 2.45) is 0 Å². The molecule has 0 radical (unpaired) electrons. The van der Waals surface area contributed by atoms with Gasteiger partial charge < -0.3 is 4.90 Å². The minimum Gasteiger partial charge on any atom is -0.338 e. The first kappa shape index (κ1) is 24.8. The van der Waals surface area contributed by atoms with Crippen molar-refractivity contribution < 1.29 is 18.3 Å². The van der Waals surface area contributed by atoms with E-state index >= 15 is 0 Å². The number of benzene rings is 3. The maximum atomic E-state index is 14.3. The Morgan fingerprint density at radius 2 is 1.84 bits per heavy atom. The van der Waals surface area contributed by atoms with Crippen LogP contribution in [0.15, 0.2) is 71.1 Å². The van der Waals surface area contributed by atoms with Gasteiger partial charge in [0, 0.05) is 47.2 Å². The molecule has 2 aliphatic rings. The second-order valence-electron chi connectivity index (χ2n) is 9.33. The Morgan fingerprint density at radius 3 is 2.54 bits per heavy atom. The molecule has 1 aliphatic carbocycles. The van der Waals surface area contributed by atoms with Crippen molar-refractivity contribution in [2.75, 3.05) is 12.8 Å². The van der Waals surface area contributed by atoms with Crippen LogP contribution in [0.25, 0.3) is 17.2 Å². The van der Waals surface area contributed by atoms with E-state index in [4.69, 9.17) is 0 Å².